The lowest BCUT2D eigenvalue weighted by atomic mass is 10.2. The Kier molecular flexibility index (Phi) is 5.94. The number of nitrogens with one attached hydrogen (secondary N) is 1. The van der Waals surface area contributed by atoms with E-state index in [1.807, 2.05) is 4.90 Å². The summed E-state index contributed by atoms with van der Waals surface area (Å²) in [4.78, 5) is 24.6. The topological polar surface area (TPSA) is 70.6 Å². The number of aromatic nitrogens is 2. The zero-order valence-corrected chi connectivity index (χ0v) is 13.6. The molecule has 0 aromatic carbocycles. The van der Waals surface area contributed by atoms with E-state index in [0.717, 1.165) is 26.2 Å². The van der Waals surface area contributed by atoms with Crippen LogP contribution in [0.25, 0.3) is 0 Å². The van der Waals surface area contributed by atoms with Crippen molar-refractivity contribution in [2.24, 2.45) is 0 Å². The zero-order chi connectivity index (χ0) is 15.9. The SMILES string of the molecule is COc1cc(NCCC(=O)N2CCN(C(C)C)CC2)ncn1. The molecule has 7 heteroatoms. The first kappa shape index (κ1) is 16.5. The maximum absolute atomic E-state index is 12.2. The van der Waals surface area contributed by atoms with Crippen molar-refractivity contribution in [3.63, 3.8) is 0 Å². The molecule has 2 rings (SSSR count). The van der Waals surface area contributed by atoms with Crippen LogP contribution in [0.2, 0.25) is 0 Å². The summed E-state index contributed by atoms with van der Waals surface area (Å²) < 4.78 is 5.04. The summed E-state index contributed by atoms with van der Waals surface area (Å²) in [5, 5.41) is 3.13. The van der Waals surface area contributed by atoms with Gasteiger partial charge in [-0.25, -0.2) is 9.97 Å². The summed E-state index contributed by atoms with van der Waals surface area (Å²) in [7, 11) is 1.56. The van der Waals surface area contributed by atoms with Crippen LogP contribution in [-0.4, -0.2) is 71.6 Å². The van der Waals surface area contributed by atoms with Gasteiger partial charge in [-0.05, 0) is 13.8 Å². The van der Waals surface area contributed by atoms with Crippen LogP contribution < -0.4 is 10.1 Å². The van der Waals surface area contributed by atoms with Gasteiger partial charge >= 0.3 is 0 Å². The van der Waals surface area contributed by atoms with Crippen LogP contribution in [0.5, 0.6) is 5.88 Å². The lowest BCUT2D eigenvalue weighted by Crippen LogP contribution is -2.50. The largest absolute Gasteiger partial charge is 0.481 e. The molecule has 122 valence electrons. The van der Waals surface area contributed by atoms with Crippen LogP contribution in [0.3, 0.4) is 0 Å². The summed E-state index contributed by atoms with van der Waals surface area (Å²) in [5.74, 6) is 1.37. The molecule has 0 saturated carbocycles. The number of nitrogens with zero attached hydrogens (tertiary/aromatic N) is 4. The molecule has 1 saturated heterocycles. The Morgan fingerprint density at radius 2 is 2.05 bits per heavy atom. The molecular weight excluding hydrogens is 282 g/mol. The van der Waals surface area contributed by atoms with Crippen molar-refractivity contribution in [3.05, 3.63) is 12.4 Å². The number of carbonyl (C=O) groups is 1. The molecule has 1 fully saturated rings. The lowest BCUT2D eigenvalue weighted by Gasteiger charge is -2.37. The summed E-state index contributed by atoms with van der Waals surface area (Å²) >= 11 is 0. The van der Waals surface area contributed by atoms with Gasteiger partial charge in [-0.2, -0.15) is 0 Å². The van der Waals surface area contributed by atoms with Gasteiger partial charge in [0.05, 0.1) is 7.11 Å². The van der Waals surface area contributed by atoms with E-state index in [0.29, 0.717) is 30.7 Å². The average molecular weight is 307 g/mol. The minimum atomic E-state index is 0.192. The average Bonchev–Trinajstić information content (AvgIpc) is 2.55. The number of methoxy groups -OCH3 is 1. The lowest BCUT2D eigenvalue weighted by molar-refractivity contribution is -0.132. The number of rotatable bonds is 6. The van der Waals surface area contributed by atoms with Crippen LogP contribution in [0, 0.1) is 0 Å². The predicted octanol–water partition coefficient (Wildman–Crippen LogP) is 0.840. The summed E-state index contributed by atoms with van der Waals surface area (Å²) in [6.45, 7) is 8.49. The van der Waals surface area contributed by atoms with Crippen molar-refractivity contribution < 1.29 is 9.53 Å². The Morgan fingerprint density at radius 1 is 1.32 bits per heavy atom. The van der Waals surface area contributed by atoms with E-state index in [9.17, 15) is 4.79 Å². The molecule has 0 aliphatic carbocycles. The molecule has 0 spiro atoms. The Bertz CT molecular complexity index is 487. The molecule has 0 unspecified atom stereocenters. The Labute approximate surface area is 131 Å². The minimum absolute atomic E-state index is 0.192. The van der Waals surface area contributed by atoms with Gasteiger partial charge in [-0.1, -0.05) is 0 Å². The van der Waals surface area contributed by atoms with Crippen molar-refractivity contribution in [2.45, 2.75) is 26.3 Å². The fourth-order valence-corrected chi connectivity index (χ4v) is 2.49. The molecule has 0 radical (unpaired) electrons. The number of carbonyl (C=O) groups excluding carboxylic acids is 1. The summed E-state index contributed by atoms with van der Waals surface area (Å²) in [6, 6.07) is 2.26. The molecule has 22 heavy (non-hydrogen) atoms. The van der Waals surface area contributed by atoms with Crippen molar-refractivity contribution >= 4 is 11.7 Å². The molecule has 1 aromatic heterocycles. The second kappa shape index (κ2) is 7.93. The Morgan fingerprint density at radius 3 is 2.68 bits per heavy atom. The smallest absolute Gasteiger partial charge is 0.224 e. The Balaban J connectivity index is 1.72. The van der Waals surface area contributed by atoms with Crippen LogP contribution in [0.1, 0.15) is 20.3 Å². The van der Waals surface area contributed by atoms with E-state index in [-0.39, 0.29) is 5.91 Å². The standard InChI is InChI=1S/C15H25N5O2/c1-12(2)19-6-8-20(9-7-19)15(21)4-5-16-13-10-14(22-3)18-11-17-13/h10-12H,4-9H2,1-3H3,(H,16,17,18). The molecule has 7 nitrogen and oxygen atoms in total. The number of amides is 1. The third-order valence-electron chi connectivity index (χ3n) is 3.89. The second-order valence-electron chi connectivity index (χ2n) is 5.63. The summed E-state index contributed by atoms with van der Waals surface area (Å²) in [5.41, 5.74) is 0. The van der Waals surface area contributed by atoms with Crippen molar-refractivity contribution in [1.82, 2.24) is 19.8 Å². The van der Waals surface area contributed by atoms with Crippen molar-refractivity contribution in [1.29, 1.82) is 0 Å². The van der Waals surface area contributed by atoms with Gasteiger partial charge in [0, 0.05) is 51.3 Å². The van der Waals surface area contributed by atoms with Gasteiger partial charge in [0.25, 0.3) is 0 Å². The van der Waals surface area contributed by atoms with E-state index in [1.165, 1.54) is 6.33 Å². The highest BCUT2D eigenvalue weighted by molar-refractivity contribution is 5.76. The highest BCUT2D eigenvalue weighted by Crippen LogP contribution is 2.11. The van der Waals surface area contributed by atoms with Gasteiger partial charge in [-0.15, -0.1) is 0 Å². The summed E-state index contributed by atoms with van der Waals surface area (Å²) in [6.07, 6.45) is 1.90. The van der Waals surface area contributed by atoms with Crippen LogP contribution in [0.15, 0.2) is 12.4 Å². The third kappa shape index (κ3) is 4.56. The van der Waals surface area contributed by atoms with E-state index in [4.69, 9.17) is 4.74 Å². The first-order valence-electron chi connectivity index (χ1n) is 7.72. The molecule has 0 atom stereocenters. The molecule has 1 aliphatic heterocycles. The normalized spacial score (nSPS) is 15.9. The molecular formula is C15H25N5O2. The van der Waals surface area contributed by atoms with Crippen LogP contribution in [-0.2, 0) is 4.79 Å². The van der Waals surface area contributed by atoms with Crippen molar-refractivity contribution in [3.8, 4) is 5.88 Å². The van der Waals surface area contributed by atoms with Gasteiger partial charge in [-0.3, -0.25) is 9.69 Å². The van der Waals surface area contributed by atoms with Crippen LogP contribution >= 0.6 is 0 Å². The Hall–Kier alpha value is -1.89. The minimum Gasteiger partial charge on any atom is -0.481 e. The van der Waals surface area contributed by atoms with E-state index >= 15 is 0 Å². The van der Waals surface area contributed by atoms with Gasteiger partial charge < -0.3 is 15.0 Å². The highest BCUT2D eigenvalue weighted by atomic mass is 16.5. The second-order valence-corrected chi connectivity index (χ2v) is 5.63. The quantitative estimate of drug-likeness (QED) is 0.840. The zero-order valence-electron chi connectivity index (χ0n) is 13.6. The maximum atomic E-state index is 12.2. The fourth-order valence-electron chi connectivity index (χ4n) is 2.49. The number of piperazine rings is 1. The first-order valence-corrected chi connectivity index (χ1v) is 7.72. The predicted molar refractivity (Wildman–Crippen MR) is 85.0 cm³/mol. The molecule has 0 bridgehead atoms. The number of hydrogen-bond acceptors (Lipinski definition) is 6. The number of hydrogen-bond donors (Lipinski definition) is 1. The van der Waals surface area contributed by atoms with Crippen molar-refractivity contribution in [2.75, 3.05) is 45.2 Å². The van der Waals surface area contributed by atoms with Gasteiger partial charge in [0.1, 0.15) is 12.1 Å². The maximum Gasteiger partial charge on any atom is 0.224 e. The fraction of sp³-hybridized carbons (Fsp3) is 0.667. The number of anilines is 1. The van der Waals surface area contributed by atoms with E-state index in [1.54, 1.807) is 13.2 Å². The van der Waals surface area contributed by atoms with Gasteiger partial charge in [0.2, 0.25) is 11.8 Å². The third-order valence-corrected chi connectivity index (χ3v) is 3.89. The molecule has 1 aliphatic rings. The number of ether oxygens (including phenoxy) is 1. The van der Waals surface area contributed by atoms with Gasteiger partial charge in [0.15, 0.2) is 0 Å². The monoisotopic (exact) mass is 307 g/mol. The molecule has 1 amide bonds. The highest BCUT2D eigenvalue weighted by Gasteiger charge is 2.21. The molecule has 2 heterocycles. The molecule has 1 N–H and O–H groups in total. The van der Waals surface area contributed by atoms with E-state index in [2.05, 4.69) is 34.0 Å². The van der Waals surface area contributed by atoms with Crippen LogP contribution in [0.4, 0.5) is 5.82 Å². The van der Waals surface area contributed by atoms with E-state index < -0.39 is 0 Å². The first-order chi connectivity index (χ1) is 10.6. The molecule has 1 aromatic rings.